The van der Waals surface area contributed by atoms with Gasteiger partial charge in [-0.25, -0.2) is 0 Å². The lowest BCUT2D eigenvalue weighted by molar-refractivity contribution is -0.142. The number of methoxy groups -OCH3 is 1. The highest BCUT2D eigenvalue weighted by atomic mass is 35.5. The van der Waals surface area contributed by atoms with E-state index in [9.17, 15) is 4.79 Å². The molecule has 0 aromatic carbocycles. The van der Waals surface area contributed by atoms with Crippen LogP contribution < -0.4 is 5.73 Å². The molecule has 5 nitrogen and oxygen atoms in total. The largest absolute Gasteiger partial charge is 0.468 e. The van der Waals surface area contributed by atoms with Crippen LogP contribution in [-0.4, -0.2) is 28.9 Å². The van der Waals surface area contributed by atoms with Crippen molar-refractivity contribution in [2.24, 2.45) is 5.73 Å². The van der Waals surface area contributed by atoms with Gasteiger partial charge in [-0.15, -0.1) is 12.4 Å². The van der Waals surface area contributed by atoms with Crippen LogP contribution in [0.2, 0.25) is 0 Å². The SMILES string of the molecule is COC(=O)C(N)Cn1cccn1.Cl. The van der Waals surface area contributed by atoms with E-state index in [4.69, 9.17) is 5.73 Å². The van der Waals surface area contributed by atoms with Crippen molar-refractivity contribution >= 4 is 18.4 Å². The summed E-state index contributed by atoms with van der Waals surface area (Å²) in [7, 11) is 1.31. The standard InChI is InChI=1S/C7H11N3O2.ClH/c1-12-7(11)6(8)5-10-4-2-3-9-10;/h2-4,6H,5,8H2,1H3;1H. The van der Waals surface area contributed by atoms with Gasteiger partial charge in [-0.3, -0.25) is 9.48 Å². The number of halogens is 1. The van der Waals surface area contributed by atoms with Crippen LogP contribution in [0.4, 0.5) is 0 Å². The Labute approximate surface area is 82.3 Å². The van der Waals surface area contributed by atoms with Crippen molar-refractivity contribution in [3.05, 3.63) is 18.5 Å². The lowest BCUT2D eigenvalue weighted by atomic mass is 10.3. The zero-order chi connectivity index (χ0) is 8.97. The molecule has 0 aliphatic heterocycles. The van der Waals surface area contributed by atoms with Gasteiger partial charge in [0.15, 0.2) is 0 Å². The molecule has 1 atom stereocenters. The lowest BCUT2D eigenvalue weighted by Crippen LogP contribution is -2.35. The number of rotatable bonds is 3. The number of carbonyl (C=O) groups is 1. The first kappa shape index (κ1) is 11.9. The van der Waals surface area contributed by atoms with Crippen molar-refractivity contribution in [1.82, 2.24) is 9.78 Å². The van der Waals surface area contributed by atoms with Crippen LogP contribution in [0.15, 0.2) is 18.5 Å². The number of nitrogens with two attached hydrogens (primary N) is 1. The molecule has 6 heteroatoms. The second kappa shape index (κ2) is 5.55. The zero-order valence-electron chi connectivity index (χ0n) is 7.21. The third-order valence-corrected chi connectivity index (χ3v) is 1.45. The molecular weight excluding hydrogens is 194 g/mol. The molecule has 1 aromatic rings. The number of aromatic nitrogens is 2. The summed E-state index contributed by atoms with van der Waals surface area (Å²) in [5, 5.41) is 3.90. The monoisotopic (exact) mass is 205 g/mol. The Morgan fingerprint density at radius 3 is 2.92 bits per heavy atom. The van der Waals surface area contributed by atoms with E-state index >= 15 is 0 Å². The molecule has 0 aliphatic carbocycles. The summed E-state index contributed by atoms with van der Waals surface area (Å²) in [5.41, 5.74) is 5.48. The number of esters is 1. The molecule has 0 spiro atoms. The van der Waals surface area contributed by atoms with Gasteiger partial charge in [0, 0.05) is 12.4 Å². The molecule has 1 rings (SSSR count). The summed E-state index contributed by atoms with van der Waals surface area (Å²) < 4.78 is 6.04. The van der Waals surface area contributed by atoms with Crippen LogP contribution >= 0.6 is 12.4 Å². The molecule has 13 heavy (non-hydrogen) atoms. The first-order valence-electron chi connectivity index (χ1n) is 3.55. The van der Waals surface area contributed by atoms with E-state index in [2.05, 4.69) is 9.84 Å². The van der Waals surface area contributed by atoms with Gasteiger partial charge < -0.3 is 10.5 Å². The maximum Gasteiger partial charge on any atom is 0.324 e. The molecule has 74 valence electrons. The number of ether oxygens (including phenoxy) is 1. The first-order chi connectivity index (χ1) is 5.74. The van der Waals surface area contributed by atoms with Gasteiger partial charge in [0.05, 0.1) is 13.7 Å². The summed E-state index contributed by atoms with van der Waals surface area (Å²) >= 11 is 0. The molecular formula is C7H12ClN3O2. The molecule has 0 saturated heterocycles. The summed E-state index contributed by atoms with van der Waals surface area (Å²) in [4.78, 5) is 10.8. The van der Waals surface area contributed by atoms with E-state index in [1.165, 1.54) is 7.11 Å². The van der Waals surface area contributed by atoms with Gasteiger partial charge in [0.1, 0.15) is 6.04 Å². The Hall–Kier alpha value is -1.07. The van der Waals surface area contributed by atoms with Gasteiger partial charge in [0.2, 0.25) is 0 Å². The van der Waals surface area contributed by atoms with Crippen LogP contribution in [0, 0.1) is 0 Å². The molecule has 0 aliphatic rings. The summed E-state index contributed by atoms with van der Waals surface area (Å²) in [6.45, 7) is 0.347. The Morgan fingerprint density at radius 2 is 2.46 bits per heavy atom. The highest BCUT2D eigenvalue weighted by Crippen LogP contribution is 1.90. The molecule has 0 bridgehead atoms. The van der Waals surface area contributed by atoms with Crippen LogP contribution in [0.25, 0.3) is 0 Å². The highest BCUT2D eigenvalue weighted by Gasteiger charge is 2.13. The predicted octanol–water partition coefficient (Wildman–Crippen LogP) is -0.195. The quantitative estimate of drug-likeness (QED) is 0.695. The van der Waals surface area contributed by atoms with Crippen LogP contribution in [0.1, 0.15) is 0 Å². The Morgan fingerprint density at radius 1 is 1.77 bits per heavy atom. The Balaban J connectivity index is 0.00000144. The van der Waals surface area contributed by atoms with Gasteiger partial charge in [-0.05, 0) is 6.07 Å². The van der Waals surface area contributed by atoms with E-state index in [1.54, 1.807) is 23.1 Å². The summed E-state index contributed by atoms with van der Waals surface area (Å²) in [6, 6.07) is 1.12. The molecule has 0 radical (unpaired) electrons. The van der Waals surface area contributed by atoms with E-state index < -0.39 is 12.0 Å². The topological polar surface area (TPSA) is 70.1 Å². The minimum Gasteiger partial charge on any atom is -0.468 e. The fourth-order valence-corrected chi connectivity index (χ4v) is 0.836. The predicted molar refractivity (Wildman–Crippen MR) is 49.5 cm³/mol. The molecule has 0 fully saturated rings. The van der Waals surface area contributed by atoms with E-state index in [1.807, 2.05) is 0 Å². The first-order valence-corrected chi connectivity index (χ1v) is 3.55. The van der Waals surface area contributed by atoms with Crippen molar-refractivity contribution in [2.75, 3.05) is 7.11 Å². The molecule has 1 heterocycles. The maximum absolute atomic E-state index is 10.8. The van der Waals surface area contributed by atoms with Crippen molar-refractivity contribution in [1.29, 1.82) is 0 Å². The number of carbonyl (C=O) groups excluding carboxylic acids is 1. The molecule has 0 amide bonds. The maximum atomic E-state index is 10.8. The Kier molecular flexibility index (Phi) is 5.10. The fraction of sp³-hybridized carbons (Fsp3) is 0.429. The average molecular weight is 206 g/mol. The zero-order valence-corrected chi connectivity index (χ0v) is 8.03. The second-order valence-corrected chi connectivity index (χ2v) is 2.36. The number of nitrogens with zero attached hydrogens (tertiary/aromatic N) is 2. The summed E-state index contributed by atoms with van der Waals surface area (Å²) in [5.74, 6) is -0.425. The highest BCUT2D eigenvalue weighted by molar-refractivity contribution is 5.85. The summed E-state index contributed by atoms with van der Waals surface area (Å²) in [6.07, 6.45) is 3.37. The van der Waals surface area contributed by atoms with Crippen molar-refractivity contribution in [3.8, 4) is 0 Å². The van der Waals surface area contributed by atoms with Gasteiger partial charge in [0.25, 0.3) is 0 Å². The van der Waals surface area contributed by atoms with Crippen LogP contribution in [-0.2, 0) is 16.1 Å². The van der Waals surface area contributed by atoms with Gasteiger partial charge >= 0.3 is 5.97 Å². The normalized spacial score (nSPS) is 11.5. The smallest absolute Gasteiger partial charge is 0.324 e. The number of hydrogen-bond donors (Lipinski definition) is 1. The fourth-order valence-electron chi connectivity index (χ4n) is 0.836. The molecule has 2 N–H and O–H groups in total. The molecule has 0 saturated carbocycles. The van der Waals surface area contributed by atoms with Crippen LogP contribution in [0.3, 0.4) is 0 Å². The number of hydrogen-bond acceptors (Lipinski definition) is 4. The molecule has 1 unspecified atom stereocenters. The third-order valence-electron chi connectivity index (χ3n) is 1.45. The van der Waals surface area contributed by atoms with E-state index in [-0.39, 0.29) is 12.4 Å². The van der Waals surface area contributed by atoms with Gasteiger partial charge in [-0.1, -0.05) is 0 Å². The molecule has 1 aromatic heterocycles. The van der Waals surface area contributed by atoms with Crippen molar-refractivity contribution in [2.45, 2.75) is 12.6 Å². The lowest BCUT2D eigenvalue weighted by Gasteiger charge is -2.08. The average Bonchev–Trinajstić information content (AvgIpc) is 2.55. The van der Waals surface area contributed by atoms with Crippen LogP contribution in [0.5, 0.6) is 0 Å². The minimum atomic E-state index is -0.644. The van der Waals surface area contributed by atoms with Gasteiger partial charge in [-0.2, -0.15) is 5.10 Å². The second-order valence-electron chi connectivity index (χ2n) is 2.36. The van der Waals surface area contributed by atoms with Crippen molar-refractivity contribution in [3.63, 3.8) is 0 Å². The van der Waals surface area contributed by atoms with Crippen molar-refractivity contribution < 1.29 is 9.53 Å². The van der Waals surface area contributed by atoms with E-state index in [0.29, 0.717) is 6.54 Å². The van der Waals surface area contributed by atoms with E-state index in [0.717, 1.165) is 0 Å². The Bertz CT molecular complexity index is 250. The minimum absolute atomic E-state index is 0. The third kappa shape index (κ3) is 3.43.